The van der Waals surface area contributed by atoms with Crippen molar-refractivity contribution in [1.29, 1.82) is 0 Å². The summed E-state index contributed by atoms with van der Waals surface area (Å²) in [5, 5.41) is 11.2. The molecular weight excluding hydrogens is 358 g/mol. The molecule has 0 amide bonds. The Labute approximate surface area is 135 Å². The molecule has 0 saturated carbocycles. The van der Waals surface area contributed by atoms with Gasteiger partial charge in [-0.25, -0.2) is 9.97 Å². The van der Waals surface area contributed by atoms with Crippen LogP contribution < -0.4 is 0 Å². The van der Waals surface area contributed by atoms with E-state index in [1.165, 1.54) is 12.1 Å². The average Bonchev–Trinajstić information content (AvgIpc) is 2.40. The van der Waals surface area contributed by atoms with E-state index in [0.29, 0.717) is 15.9 Å². The van der Waals surface area contributed by atoms with Gasteiger partial charge in [-0.15, -0.1) is 0 Å². The Morgan fingerprint density at radius 3 is 2.52 bits per heavy atom. The molecule has 0 saturated heterocycles. The number of nitrogens with zero attached hydrogens (tertiary/aromatic N) is 3. The first-order valence-corrected chi connectivity index (χ1v) is 7.35. The Bertz CT molecular complexity index is 714. The maximum atomic E-state index is 10.9. The van der Waals surface area contributed by atoms with Crippen molar-refractivity contribution in [2.75, 3.05) is 0 Å². The lowest BCUT2D eigenvalue weighted by Crippen LogP contribution is -2.16. The van der Waals surface area contributed by atoms with Gasteiger partial charge in [-0.05, 0) is 15.9 Å². The third-order valence-electron chi connectivity index (χ3n) is 2.84. The van der Waals surface area contributed by atoms with Crippen LogP contribution in [0.4, 0.5) is 5.69 Å². The van der Waals surface area contributed by atoms with Crippen LogP contribution in [0.2, 0.25) is 5.15 Å². The first-order valence-electron chi connectivity index (χ1n) is 6.18. The van der Waals surface area contributed by atoms with Gasteiger partial charge in [0.15, 0.2) is 5.82 Å². The average molecular weight is 371 g/mol. The summed E-state index contributed by atoms with van der Waals surface area (Å²) < 4.78 is 0.644. The highest BCUT2D eigenvalue weighted by Gasteiger charge is 2.23. The summed E-state index contributed by atoms with van der Waals surface area (Å²) in [4.78, 5) is 19.1. The van der Waals surface area contributed by atoms with Crippen LogP contribution in [-0.4, -0.2) is 14.9 Å². The molecule has 0 N–H and O–H groups in total. The summed E-state index contributed by atoms with van der Waals surface area (Å²) in [5.41, 5.74) is 1.07. The monoisotopic (exact) mass is 369 g/mol. The minimum Gasteiger partial charge on any atom is -0.258 e. The van der Waals surface area contributed by atoms with E-state index in [0.717, 1.165) is 5.69 Å². The lowest BCUT2D eigenvalue weighted by atomic mass is 9.92. The molecule has 0 bridgehead atoms. The van der Waals surface area contributed by atoms with Crippen molar-refractivity contribution in [2.24, 2.45) is 0 Å². The number of non-ortho nitro benzene ring substituents is 1. The van der Waals surface area contributed by atoms with E-state index >= 15 is 0 Å². The van der Waals surface area contributed by atoms with E-state index in [4.69, 9.17) is 11.6 Å². The lowest BCUT2D eigenvalue weighted by Gasteiger charge is -2.20. The smallest absolute Gasteiger partial charge is 0.258 e. The Morgan fingerprint density at radius 1 is 1.29 bits per heavy atom. The first kappa shape index (κ1) is 15.9. The highest BCUT2D eigenvalue weighted by molar-refractivity contribution is 9.10. The number of hydrogen-bond acceptors (Lipinski definition) is 4. The predicted octanol–water partition coefficient (Wildman–Crippen LogP) is 4.77. The molecule has 0 unspecified atom stereocenters. The van der Waals surface area contributed by atoms with Crippen LogP contribution in [0.3, 0.4) is 0 Å². The second-order valence-corrected chi connectivity index (χ2v) is 6.71. The highest BCUT2D eigenvalue weighted by Crippen LogP contribution is 2.34. The molecule has 1 aromatic carbocycles. The lowest BCUT2D eigenvalue weighted by molar-refractivity contribution is -0.384. The van der Waals surface area contributed by atoms with Crippen LogP contribution in [0, 0.1) is 10.1 Å². The number of nitro groups is 1. The second-order valence-electron chi connectivity index (χ2n) is 5.56. The topological polar surface area (TPSA) is 68.9 Å². The molecule has 0 aliphatic heterocycles. The summed E-state index contributed by atoms with van der Waals surface area (Å²) in [7, 11) is 0. The van der Waals surface area contributed by atoms with Crippen molar-refractivity contribution in [3.63, 3.8) is 0 Å². The first-order chi connectivity index (χ1) is 9.70. The number of benzene rings is 1. The summed E-state index contributed by atoms with van der Waals surface area (Å²) in [5.74, 6) is 0.372. The number of nitro benzene ring substituents is 1. The van der Waals surface area contributed by atoms with Crippen molar-refractivity contribution < 1.29 is 4.92 Å². The predicted molar refractivity (Wildman–Crippen MR) is 85.5 cm³/mol. The van der Waals surface area contributed by atoms with Gasteiger partial charge in [0.2, 0.25) is 0 Å². The van der Waals surface area contributed by atoms with Crippen LogP contribution >= 0.6 is 27.5 Å². The van der Waals surface area contributed by atoms with Crippen molar-refractivity contribution in [2.45, 2.75) is 26.2 Å². The zero-order valence-corrected chi connectivity index (χ0v) is 14.1. The van der Waals surface area contributed by atoms with Gasteiger partial charge in [0, 0.05) is 23.1 Å². The van der Waals surface area contributed by atoms with Crippen LogP contribution in [-0.2, 0) is 5.41 Å². The van der Waals surface area contributed by atoms with Crippen LogP contribution in [0.25, 0.3) is 11.4 Å². The second kappa shape index (κ2) is 5.69. The van der Waals surface area contributed by atoms with Gasteiger partial charge in [0.25, 0.3) is 5.69 Å². The van der Waals surface area contributed by atoms with Crippen LogP contribution in [0.1, 0.15) is 26.5 Å². The molecule has 110 valence electrons. The Morgan fingerprint density at radius 2 is 1.95 bits per heavy atom. The van der Waals surface area contributed by atoms with Gasteiger partial charge in [-0.3, -0.25) is 10.1 Å². The molecule has 0 radical (unpaired) electrons. The molecular formula is C14H13BrClN3O2. The highest BCUT2D eigenvalue weighted by atomic mass is 79.9. The Kier molecular flexibility index (Phi) is 4.30. The van der Waals surface area contributed by atoms with Gasteiger partial charge in [-0.2, -0.15) is 0 Å². The molecule has 1 heterocycles. The molecule has 7 heteroatoms. The van der Waals surface area contributed by atoms with Crippen molar-refractivity contribution in [1.82, 2.24) is 9.97 Å². The van der Waals surface area contributed by atoms with E-state index in [9.17, 15) is 10.1 Å². The van der Waals surface area contributed by atoms with Crippen molar-refractivity contribution >= 4 is 33.2 Å². The largest absolute Gasteiger partial charge is 0.270 e. The minimum atomic E-state index is -0.450. The van der Waals surface area contributed by atoms with Gasteiger partial charge in [0.1, 0.15) is 5.15 Å². The van der Waals surface area contributed by atoms with E-state index in [-0.39, 0.29) is 16.3 Å². The van der Waals surface area contributed by atoms with Crippen LogP contribution in [0.5, 0.6) is 0 Å². The standard InChI is InChI=1S/C14H13BrClN3O2/c1-14(2,3)11-10(15)12(16)18-13(17-11)8-5-4-6-9(7-8)19(20)21/h4-7H,1-3H3. The molecule has 0 spiro atoms. The SMILES string of the molecule is CC(C)(C)c1nc(-c2cccc([N+](=O)[O-])c2)nc(Cl)c1Br. The minimum absolute atomic E-state index is 0.00699. The molecule has 0 aliphatic rings. The number of halogens is 2. The Hall–Kier alpha value is -1.53. The summed E-state index contributed by atoms with van der Waals surface area (Å²) in [6, 6.07) is 6.18. The van der Waals surface area contributed by atoms with Crippen molar-refractivity contribution in [3.8, 4) is 11.4 Å². The van der Waals surface area contributed by atoms with Gasteiger partial charge in [-0.1, -0.05) is 44.5 Å². The molecule has 0 aliphatic carbocycles. The number of rotatable bonds is 2. The van der Waals surface area contributed by atoms with Gasteiger partial charge in [0.05, 0.1) is 15.1 Å². The fourth-order valence-corrected chi connectivity index (χ4v) is 2.75. The molecule has 0 atom stereocenters. The molecule has 2 aromatic rings. The molecule has 21 heavy (non-hydrogen) atoms. The van der Waals surface area contributed by atoms with E-state index in [1.54, 1.807) is 12.1 Å². The molecule has 1 aromatic heterocycles. The Balaban J connectivity index is 2.63. The number of hydrogen-bond donors (Lipinski definition) is 0. The fraction of sp³-hybridized carbons (Fsp3) is 0.286. The summed E-state index contributed by atoms with van der Waals surface area (Å²) >= 11 is 9.54. The fourth-order valence-electron chi connectivity index (χ4n) is 1.80. The van der Waals surface area contributed by atoms with E-state index in [1.807, 2.05) is 20.8 Å². The zero-order chi connectivity index (χ0) is 15.8. The third-order valence-corrected chi connectivity index (χ3v) is 4.09. The molecule has 5 nitrogen and oxygen atoms in total. The number of aromatic nitrogens is 2. The third kappa shape index (κ3) is 3.39. The molecule has 0 fully saturated rings. The van der Waals surface area contributed by atoms with Crippen molar-refractivity contribution in [3.05, 3.63) is 49.7 Å². The maximum absolute atomic E-state index is 10.9. The van der Waals surface area contributed by atoms with Crippen LogP contribution in [0.15, 0.2) is 28.7 Å². The van der Waals surface area contributed by atoms with Gasteiger partial charge >= 0.3 is 0 Å². The quantitative estimate of drug-likeness (QED) is 0.434. The maximum Gasteiger partial charge on any atom is 0.270 e. The zero-order valence-electron chi connectivity index (χ0n) is 11.7. The van der Waals surface area contributed by atoms with Gasteiger partial charge < -0.3 is 0 Å². The normalized spacial score (nSPS) is 11.5. The van der Waals surface area contributed by atoms with E-state index < -0.39 is 4.92 Å². The summed E-state index contributed by atoms with van der Waals surface area (Å²) in [6.45, 7) is 6.02. The van der Waals surface area contributed by atoms with E-state index in [2.05, 4.69) is 25.9 Å². The summed E-state index contributed by atoms with van der Waals surface area (Å²) in [6.07, 6.45) is 0. The molecule has 2 rings (SSSR count).